The maximum Gasteiger partial charge on any atom is 0.167 e. The Kier molecular flexibility index (Phi) is 4.63. The summed E-state index contributed by atoms with van der Waals surface area (Å²) in [6.45, 7) is 4.07. The number of carbonyl (C=O) groups is 1. The van der Waals surface area contributed by atoms with E-state index in [1.807, 2.05) is 26.0 Å². The van der Waals surface area contributed by atoms with Crippen LogP contribution in [0.2, 0.25) is 0 Å². The Hall–Kier alpha value is -2.29. The minimum Gasteiger partial charge on any atom is -0.497 e. The molecule has 2 rings (SSSR count). The van der Waals surface area contributed by atoms with Crippen LogP contribution in [0, 0.1) is 13.8 Å². The van der Waals surface area contributed by atoms with E-state index in [2.05, 4.69) is 6.07 Å². The lowest BCUT2D eigenvalue weighted by atomic mass is 9.99. The number of aryl methyl sites for hydroxylation is 2. The highest BCUT2D eigenvalue weighted by atomic mass is 16.5. The maximum atomic E-state index is 12.5. The number of Topliss-reactive ketones (excluding diaryl/α,β-unsaturated/α-hetero) is 1. The predicted molar refractivity (Wildman–Crippen MR) is 83.5 cm³/mol. The van der Waals surface area contributed by atoms with Gasteiger partial charge in [-0.2, -0.15) is 0 Å². The van der Waals surface area contributed by atoms with Gasteiger partial charge < -0.3 is 9.47 Å². The normalized spacial score (nSPS) is 10.3. The third kappa shape index (κ3) is 3.85. The van der Waals surface area contributed by atoms with Crippen molar-refractivity contribution in [3.63, 3.8) is 0 Å². The lowest BCUT2D eigenvalue weighted by Gasteiger charge is -2.09. The molecule has 0 bridgehead atoms. The Labute approximate surface area is 125 Å². The zero-order valence-corrected chi connectivity index (χ0v) is 12.9. The third-order valence-corrected chi connectivity index (χ3v) is 3.32. The smallest absolute Gasteiger partial charge is 0.167 e. The predicted octanol–water partition coefficient (Wildman–Crippen LogP) is 3.75. The summed E-state index contributed by atoms with van der Waals surface area (Å²) in [4.78, 5) is 12.5. The average Bonchev–Trinajstić information content (AvgIpc) is 2.45. The van der Waals surface area contributed by atoms with Crippen molar-refractivity contribution in [3.8, 4) is 11.5 Å². The molecule has 0 aromatic heterocycles. The van der Waals surface area contributed by atoms with E-state index in [1.54, 1.807) is 32.4 Å². The van der Waals surface area contributed by atoms with Crippen LogP contribution in [0.15, 0.2) is 36.4 Å². The number of carbonyl (C=O) groups excluding carboxylic acids is 1. The Morgan fingerprint density at radius 1 is 0.857 bits per heavy atom. The molecule has 0 aliphatic carbocycles. The van der Waals surface area contributed by atoms with Gasteiger partial charge in [0.25, 0.3) is 0 Å². The Bertz CT molecular complexity index is 617. The van der Waals surface area contributed by atoms with Crippen molar-refractivity contribution < 1.29 is 14.3 Å². The third-order valence-electron chi connectivity index (χ3n) is 3.32. The van der Waals surface area contributed by atoms with Crippen LogP contribution < -0.4 is 9.47 Å². The van der Waals surface area contributed by atoms with Crippen LogP contribution in [-0.2, 0) is 6.42 Å². The van der Waals surface area contributed by atoms with Crippen molar-refractivity contribution in [1.82, 2.24) is 0 Å². The SMILES string of the molecule is COc1cc(OC)cc(C(=O)Cc2cc(C)cc(C)c2)c1. The van der Waals surface area contributed by atoms with Crippen molar-refractivity contribution in [2.24, 2.45) is 0 Å². The number of hydrogen-bond donors (Lipinski definition) is 0. The molecule has 0 aliphatic heterocycles. The van der Waals surface area contributed by atoms with Gasteiger partial charge in [-0.3, -0.25) is 4.79 Å². The lowest BCUT2D eigenvalue weighted by molar-refractivity contribution is 0.0992. The van der Waals surface area contributed by atoms with E-state index in [1.165, 1.54) is 11.1 Å². The van der Waals surface area contributed by atoms with Crippen LogP contribution in [-0.4, -0.2) is 20.0 Å². The standard InChI is InChI=1S/C18H20O3/c1-12-5-13(2)7-14(6-12)8-18(19)15-9-16(20-3)11-17(10-15)21-4/h5-7,9-11H,8H2,1-4H3. The minimum atomic E-state index is 0.0530. The van der Waals surface area contributed by atoms with E-state index in [0.717, 1.165) is 5.56 Å². The molecule has 0 radical (unpaired) electrons. The molecule has 0 unspecified atom stereocenters. The van der Waals surface area contributed by atoms with Crippen LogP contribution in [0.1, 0.15) is 27.0 Å². The van der Waals surface area contributed by atoms with Crippen molar-refractivity contribution in [3.05, 3.63) is 58.7 Å². The first-order valence-electron chi connectivity index (χ1n) is 6.85. The molecule has 2 aromatic rings. The summed E-state index contributed by atoms with van der Waals surface area (Å²) in [5, 5.41) is 0. The first kappa shape index (κ1) is 15.1. The van der Waals surface area contributed by atoms with Crippen LogP contribution in [0.4, 0.5) is 0 Å². The van der Waals surface area contributed by atoms with E-state index < -0.39 is 0 Å². The quantitative estimate of drug-likeness (QED) is 0.784. The fourth-order valence-electron chi connectivity index (χ4n) is 2.43. The molecule has 0 amide bonds. The fourth-order valence-corrected chi connectivity index (χ4v) is 2.43. The molecule has 3 heteroatoms. The van der Waals surface area contributed by atoms with Crippen LogP contribution in [0.3, 0.4) is 0 Å². The zero-order chi connectivity index (χ0) is 15.4. The van der Waals surface area contributed by atoms with Crippen LogP contribution in [0.5, 0.6) is 11.5 Å². The number of rotatable bonds is 5. The summed E-state index contributed by atoms with van der Waals surface area (Å²) in [7, 11) is 3.15. The first-order valence-corrected chi connectivity index (χ1v) is 6.85. The van der Waals surface area contributed by atoms with Crippen molar-refractivity contribution >= 4 is 5.78 Å². The Morgan fingerprint density at radius 2 is 1.38 bits per heavy atom. The zero-order valence-electron chi connectivity index (χ0n) is 12.9. The van der Waals surface area contributed by atoms with E-state index in [0.29, 0.717) is 23.5 Å². The van der Waals surface area contributed by atoms with E-state index in [-0.39, 0.29) is 5.78 Å². The van der Waals surface area contributed by atoms with E-state index in [4.69, 9.17) is 9.47 Å². The second-order valence-corrected chi connectivity index (χ2v) is 5.20. The first-order chi connectivity index (χ1) is 10.0. The summed E-state index contributed by atoms with van der Waals surface area (Å²) in [5.74, 6) is 1.30. The van der Waals surface area contributed by atoms with Gasteiger partial charge in [-0.15, -0.1) is 0 Å². The number of ether oxygens (including phenoxy) is 2. The number of hydrogen-bond acceptors (Lipinski definition) is 3. The molecule has 0 aliphatic rings. The van der Waals surface area contributed by atoms with Gasteiger partial charge in [0.1, 0.15) is 11.5 Å². The van der Waals surface area contributed by atoms with Crippen molar-refractivity contribution in [1.29, 1.82) is 0 Å². The molecule has 2 aromatic carbocycles. The molecular weight excluding hydrogens is 264 g/mol. The number of benzene rings is 2. The molecule has 0 spiro atoms. The molecule has 0 heterocycles. The molecule has 21 heavy (non-hydrogen) atoms. The summed E-state index contributed by atoms with van der Waals surface area (Å²) in [6, 6.07) is 11.4. The van der Waals surface area contributed by atoms with Gasteiger partial charge in [-0.1, -0.05) is 29.3 Å². The Balaban J connectivity index is 2.27. The second kappa shape index (κ2) is 6.44. The van der Waals surface area contributed by atoms with Crippen LogP contribution >= 0.6 is 0 Å². The van der Waals surface area contributed by atoms with Gasteiger partial charge in [0, 0.05) is 18.1 Å². The highest BCUT2D eigenvalue weighted by Gasteiger charge is 2.11. The van der Waals surface area contributed by atoms with Crippen LogP contribution in [0.25, 0.3) is 0 Å². The van der Waals surface area contributed by atoms with E-state index in [9.17, 15) is 4.79 Å². The van der Waals surface area contributed by atoms with Gasteiger partial charge in [0.05, 0.1) is 14.2 Å². The molecule has 0 fully saturated rings. The molecule has 0 atom stereocenters. The highest BCUT2D eigenvalue weighted by Crippen LogP contribution is 2.23. The molecule has 0 N–H and O–H groups in total. The van der Waals surface area contributed by atoms with Gasteiger partial charge in [0.15, 0.2) is 5.78 Å². The van der Waals surface area contributed by atoms with Crippen molar-refractivity contribution in [2.45, 2.75) is 20.3 Å². The molecule has 0 saturated heterocycles. The Morgan fingerprint density at radius 3 is 1.86 bits per heavy atom. The monoisotopic (exact) mass is 284 g/mol. The second-order valence-electron chi connectivity index (χ2n) is 5.20. The van der Waals surface area contributed by atoms with Gasteiger partial charge in [-0.05, 0) is 31.5 Å². The fraction of sp³-hybridized carbons (Fsp3) is 0.278. The van der Waals surface area contributed by atoms with Gasteiger partial charge in [0.2, 0.25) is 0 Å². The van der Waals surface area contributed by atoms with Crippen molar-refractivity contribution in [2.75, 3.05) is 14.2 Å². The summed E-state index contributed by atoms with van der Waals surface area (Å²) < 4.78 is 10.4. The van der Waals surface area contributed by atoms with Gasteiger partial charge in [-0.25, -0.2) is 0 Å². The topological polar surface area (TPSA) is 35.5 Å². The average molecular weight is 284 g/mol. The number of ketones is 1. The largest absolute Gasteiger partial charge is 0.497 e. The maximum absolute atomic E-state index is 12.5. The van der Waals surface area contributed by atoms with E-state index >= 15 is 0 Å². The lowest BCUT2D eigenvalue weighted by Crippen LogP contribution is -2.05. The molecular formula is C18H20O3. The summed E-state index contributed by atoms with van der Waals surface area (Å²) in [6.07, 6.45) is 0.374. The molecule has 110 valence electrons. The molecule has 0 saturated carbocycles. The minimum absolute atomic E-state index is 0.0530. The number of methoxy groups -OCH3 is 2. The summed E-state index contributed by atoms with van der Waals surface area (Å²) in [5.41, 5.74) is 3.96. The highest BCUT2D eigenvalue weighted by molar-refractivity contribution is 5.98. The summed E-state index contributed by atoms with van der Waals surface area (Å²) >= 11 is 0. The molecule has 3 nitrogen and oxygen atoms in total. The van der Waals surface area contributed by atoms with Gasteiger partial charge >= 0.3 is 0 Å².